The first kappa shape index (κ1) is 13.8. The highest BCUT2D eigenvalue weighted by Gasteiger charge is 2.10. The maximum Gasteiger partial charge on any atom is 0.243 e. The summed E-state index contributed by atoms with van der Waals surface area (Å²) in [6, 6.07) is 9.61. The molecule has 2 heterocycles. The van der Waals surface area contributed by atoms with Crippen molar-refractivity contribution in [2.24, 2.45) is 0 Å². The van der Waals surface area contributed by atoms with Gasteiger partial charge in [0, 0.05) is 12.5 Å². The van der Waals surface area contributed by atoms with E-state index in [9.17, 15) is 8.42 Å². The molecule has 0 N–H and O–H groups in total. The van der Waals surface area contributed by atoms with Gasteiger partial charge in [-0.15, -0.1) is 5.10 Å². The van der Waals surface area contributed by atoms with Crippen molar-refractivity contribution in [2.45, 2.75) is 4.90 Å². The Hall–Kier alpha value is -2.12. The van der Waals surface area contributed by atoms with Crippen LogP contribution < -0.4 is 4.74 Å². The van der Waals surface area contributed by atoms with Crippen molar-refractivity contribution in [3.8, 4) is 11.5 Å². The number of rotatable bonds is 3. The second kappa shape index (κ2) is 5.01. The van der Waals surface area contributed by atoms with Crippen LogP contribution >= 0.6 is 11.6 Å². The van der Waals surface area contributed by atoms with E-state index in [1.165, 1.54) is 16.6 Å². The van der Waals surface area contributed by atoms with Gasteiger partial charge in [0.2, 0.25) is 5.28 Å². The highest BCUT2D eigenvalue weighted by atomic mass is 35.5. The molecule has 6 nitrogen and oxygen atoms in total. The Morgan fingerprint density at radius 2 is 1.90 bits per heavy atom. The number of fused-ring (bicyclic) bond motifs is 1. The highest BCUT2D eigenvalue weighted by molar-refractivity contribution is 7.90. The standard InChI is InChI=1S/C13H10ClN3O3S/c1-21(18,19)10-6-4-9(5-7-10)20-11-3-2-8-17-12(11)15-13(14)16-17/h2-8H,1H3. The minimum atomic E-state index is -3.22. The van der Waals surface area contributed by atoms with Crippen molar-refractivity contribution in [3.05, 3.63) is 47.9 Å². The quantitative estimate of drug-likeness (QED) is 0.740. The van der Waals surface area contributed by atoms with E-state index < -0.39 is 9.84 Å². The molecule has 0 atom stereocenters. The number of benzene rings is 1. The number of nitrogens with zero attached hydrogens (tertiary/aromatic N) is 3. The molecule has 3 aromatic rings. The van der Waals surface area contributed by atoms with Crippen LogP contribution in [0.5, 0.6) is 11.5 Å². The number of ether oxygens (including phenoxy) is 1. The molecule has 0 saturated carbocycles. The first-order valence-corrected chi connectivity index (χ1v) is 8.19. The molecule has 3 rings (SSSR count). The summed E-state index contributed by atoms with van der Waals surface area (Å²) in [4.78, 5) is 4.30. The molecule has 0 aliphatic carbocycles. The molecule has 21 heavy (non-hydrogen) atoms. The molecule has 0 spiro atoms. The summed E-state index contributed by atoms with van der Waals surface area (Å²) in [5, 5.41) is 4.10. The molecule has 108 valence electrons. The first-order chi connectivity index (χ1) is 9.93. The van der Waals surface area contributed by atoms with Crippen LogP contribution in [-0.4, -0.2) is 29.3 Å². The summed E-state index contributed by atoms with van der Waals surface area (Å²) in [5.74, 6) is 0.971. The van der Waals surface area contributed by atoms with Gasteiger partial charge in [0.1, 0.15) is 5.75 Å². The van der Waals surface area contributed by atoms with Crippen LogP contribution in [0.1, 0.15) is 0 Å². The van der Waals surface area contributed by atoms with E-state index in [-0.39, 0.29) is 10.2 Å². The van der Waals surface area contributed by atoms with Gasteiger partial charge >= 0.3 is 0 Å². The van der Waals surface area contributed by atoms with Gasteiger partial charge < -0.3 is 4.74 Å². The molecule has 0 aliphatic heterocycles. The maximum absolute atomic E-state index is 11.4. The second-order valence-electron chi connectivity index (χ2n) is 4.37. The Morgan fingerprint density at radius 1 is 1.19 bits per heavy atom. The van der Waals surface area contributed by atoms with E-state index in [1.807, 2.05) is 0 Å². The Kier molecular flexibility index (Phi) is 3.30. The number of aromatic nitrogens is 3. The van der Waals surface area contributed by atoms with Gasteiger partial charge in [0.05, 0.1) is 4.90 Å². The molecule has 0 aliphatic rings. The summed E-state index contributed by atoms with van der Waals surface area (Å²) in [6.45, 7) is 0. The monoisotopic (exact) mass is 323 g/mol. The van der Waals surface area contributed by atoms with E-state index in [2.05, 4.69) is 10.1 Å². The molecule has 0 radical (unpaired) electrons. The lowest BCUT2D eigenvalue weighted by atomic mass is 10.3. The fourth-order valence-electron chi connectivity index (χ4n) is 1.82. The van der Waals surface area contributed by atoms with Gasteiger partial charge in [0.25, 0.3) is 0 Å². The largest absolute Gasteiger partial charge is 0.453 e. The van der Waals surface area contributed by atoms with Crippen molar-refractivity contribution in [1.82, 2.24) is 14.6 Å². The van der Waals surface area contributed by atoms with E-state index in [0.717, 1.165) is 6.26 Å². The molecular weight excluding hydrogens is 314 g/mol. The van der Waals surface area contributed by atoms with Gasteiger partial charge in [-0.05, 0) is 48.0 Å². The van der Waals surface area contributed by atoms with Crippen LogP contribution in [-0.2, 0) is 9.84 Å². The molecule has 0 fully saturated rings. The Bertz CT molecular complexity index is 904. The number of hydrogen-bond donors (Lipinski definition) is 0. The zero-order valence-corrected chi connectivity index (χ0v) is 12.5. The smallest absolute Gasteiger partial charge is 0.243 e. The number of pyridine rings is 1. The zero-order chi connectivity index (χ0) is 15.0. The van der Waals surface area contributed by atoms with E-state index in [4.69, 9.17) is 16.3 Å². The molecule has 2 aromatic heterocycles. The summed E-state index contributed by atoms with van der Waals surface area (Å²) < 4.78 is 30.0. The van der Waals surface area contributed by atoms with Crippen LogP contribution in [0.4, 0.5) is 0 Å². The number of sulfone groups is 1. The van der Waals surface area contributed by atoms with Gasteiger partial charge in [-0.25, -0.2) is 12.9 Å². The van der Waals surface area contributed by atoms with E-state index in [0.29, 0.717) is 17.1 Å². The third-order valence-electron chi connectivity index (χ3n) is 2.78. The zero-order valence-electron chi connectivity index (χ0n) is 10.9. The van der Waals surface area contributed by atoms with Gasteiger partial charge in [-0.2, -0.15) is 4.98 Å². The highest BCUT2D eigenvalue weighted by Crippen LogP contribution is 2.26. The van der Waals surface area contributed by atoms with Crippen LogP contribution in [0.2, 0.25) is 5.28 Å². The lowest BCUT2D eigenvalue weighted by molar-refractivity contribution is 0.483. The molecular formula is C13H10ClN3O3S. The predicted molar refractivity (Wildman–Crippen MR) is 77.6 cm³/mol. The minimum absolute atomic E-state index is 0.124. The van der Waals surface area contributed by atoms with Crippen LogP contribution in [0, 0.1) is 0 Å². The molecule has 0 saturated heterocycles. The third kappa shape index (κ3) is 2.84. The fraction of sp³-hybridized carbons (Fsp3) is 0.0769. The van der Waals surface area contributed by atoms with Crippen molar-refractivity contribution in [1.29, 1.82) is 0 Å². The summed E-state index contributed by atoms with van der Waals surface area (Å²) in [5.41, 5.74) is 0.481. The third-order valence-corrected chi connectivity index (χ3v) is 4.07. The minimum Gasteiger partial charge on any atom is -0.453 e. The van der Waals surface area contributed by atoms with E-state index in [1.54, 1.807) is 30.5 Å². The molecule has 0 unspecified atom stereocenters. The SMILES string of the molecule is CS(=O)(=O)c1ccc(Oc2cccn3nc(Cl)nc23)cc1. The lowest BCUT2D eigenvalue weighted by Crippen LogP contribution is -1.96. The Labute approximate surface area is 125 Å². The fourth-order valence-corrected chi connectivity index (χ4v) is 2.61. The Balaban J connectivity index is 1.95. The second-order valence-corrected chi connectivity index (χ2v) is 6.72. The Morgan fingerprint density at radius 3 is 2.57 bits per heavy atom. The lowest BCUT2D eigenvalue weighted by Gasteiger charge is -2.06. The predicted octanol–water partition coefficient (Wildman–Crippen LogP) is 2.58. The topological polar surface area (TPSA) is 73.6 Å². The van der Waals surface area contributed by atoms with Gasteiger partial charge in [0.15, 0.2) is 21.2 Å². The summed E-state index contributed by atoms with van der Waals surface area (Å²) in [7, 11) is -3.22. The van der Waals surface area contributed by atoms with Crippen LogP contribution in [0.3, 0.4) is 0 Å². The number of hydrogen-bond acceptors (Lipinski definition) is 5. The molecule has 0 bridgehead atoms. The average Bonchev–Trinajstić information content (AvgIpc) is 2.80. The van der Waals surface area contributed by atoms with E-state index >= 15 is 0 Å². The summed E-state index contributed by atoms with van der Waals surface area (Å²) in [6.07, 6.45) is 2.86. The van der Waals surface area contributed by atoms with Crippen molar-refractivity contribution in [3.63, 3.8) is 0 Å². The van der Waals surface area contributed by atoms with Gasteiger partial charge in [-0.3, -0.25) is 0 Å². The van der Waals surface area contributed by atoms with Gasteiger partial charge in [-0.1, -0.05) is 0 Å². The summed E-state index contributed by atoms with van der Waals surface area (Å²) >= 11 is 5.76. The van der Waals surface area contributed by atoms with Crippen molar-refractivity contribution < 1.29 is 13.2 Å². The van der Waals surface area contributed by atoms with Crippen LogP contribution in [0.25, 0.3) is 5.65 Å². The average molecular weight is 324 g/mol. The van der Waals surface area contributed by atoms with Crippen molar-refractivity contribution >= 4 is 27.1 Å². The maximum atomic E-state index is 11.4. The first-order valence-electron chi connectivity index (χ1n) is 5.92. The normalized spacial score (nSPS) is 11.7. The molecule has 1 aromatic carbocycles. The number of halogens is 1. The molecule has 0 amide bonds. The molecule has 8 heteroatoms. The van der Waals surface area contributed by atoms with Crippen LogP contribution in [0.15, 0.2) is 47.5 Å². The van der Waals surface area contributed by atoms with Crippen molar-refractivity contribution in [2.75, 3.05) is 6.26 Å².